The Hall–Kier alpha value is -2.11. The standard InChI is InChI=1S/C9H10N2O4/c1-5-3-6(10)8(9(12)15-2)7(4-5)11(13)14/h3-4H,10H2,1-2H3. The molecule has 1 aromatic carbocycles. The number of benzene rings is 1. The third kappa shape index (κ3) is 2.04. The van der Waals surface area contributed by atoms with E-state index in [9.17, 15) is 14.9 Å². The van der Waals surface area contributed by atoms with E-state index in [4.69, 9.17) is 5.73 Å². The highest BCUT2D eigenvalue weighted by molar-refractivity contribution is 5.99. The quantitative estimate of drug-likeness (QED) is 0.343. The van der Waals surface area contributed by atoms with Crippen molar-refractivity contribution in [2.75, 3.05) is 12.8 Å². The van der Waals surface area contributed by atoms with Gasteiger partial charge in [0.15, 0.2) is 5.56 Å². The van der Waals surface area contributed by atoms with Gasteiger partial charge in [-0.2, -0.15) is 0 Å². The van der Waals surface area contributed by atoms with Crippen molar-refractivity contribution in [2.24, 2.45) is 0 Å². The maximum Gasteiger partial charge on any atom is 0.347 e. The van der Waals surface area contributed by atoms with Crippen LogP contribution in [0.4, 0.5) is 11.4 Å². The maximum absolute atomic E-state index is 11.3. The van der Waals surface area contributed by atoms with Crippen LogP contribution < -0.4 is 5.73 Å². The molecule has 1 rings (SSSR count). The molecule has 0 bridgehead atoms. The van der Waals surface area contributed by atoms with Gasteiger partial charge in [0, 0.05) is 6.07 Å². The maximum atomic E-state index is 11.3. The van der Waals surface area contributed by atoms with Crippen LogP contribution in [0.25, 0.3) is 0 Å². The molecule has 80 valence electrons. The number of nitrogens with two attached hydrogens (primary N) is 1. The number of hydrogen-bond donors (Lipinski definition) is 1. The minimum Gasteiger partial charge on any atom is -0.465 e. The van der Waals surface area contributed by atoms with Crippen molar-refractivity contribution < 1.29 is 14.5 Å². The molecule has 15 heavy (non-hydrogen) atoms. The van der Waals surface area contributed by atoms with Crippen molar-refractivity contribution >= 4 is 17.3 Å². The molecule has 2 N–H and O–H groups in total. The van der Waals surface area contributed by atoms with E-state index in [2.05, 4.69) is 4.74 Å². The second-order valence-corrected chi connectivity index (χ2v) is 3.00. The number of nitrogen functional groups attached to an aromatic ring is 1. The van der Waals surface area contributed by atoms with Gasteiger partial charge in [-0.25, -0.2) is 4.79 Å². The van der Waals surface area contributed by atoms with Crippen molar-refractivity contribution in [1.82, 2.24) is 0 Å². The summed E-state index contributed by atoms with van der Waals surface area (Å²) in [4.78, 5) is 21.3. The fraction of sp³-hybridized carbons (Fsp3) is 0.222. The van der Waals surface area contributed by atoms with Crippen molar-refractivity contribution in [2.45, 2.75) is 6.92 Å². The van der Waals surface area contributed by atoms with Crippen LogP contribution in [0.15, 0.2) is 12.1 Å². The van der Waals surface area contributed by atoms with E-state index in [-0.39, 0.29) is 16.9 Å². The zero-order valence-corrected chi connectivity index (χ0v) is 8.31. The molecule has 1 aromatic rings. The van der Waals surface area contributed by atoms with E-state index in [1.54, 1.807) is 6.92 Å². The average Bonchev–Trinajstić information content (AvgIpc) is 2.15. The Balaban J connectivity index is 3.46. The predicted octanol–water partition coefficient (Wildman–Crippen LogP) is 1.27. The van der Waals surface area contributed by atoms with Gasteiger partial charge in [-0.05, 0) is 18.6 Å². The number of ether oxygens (including phenoxy) is 1. The smallest absolute Gasteiger partial charge is 0.347 e. The summed E-state index contributed by atoms with van der Waals surface area (Å²) in [6, 6.07) is 2.77. The lowest BCUT2D eigenvalue weighted by Crippen LogP contribution is -2.09. The number of rotatable bonds is 2. The Bertz CT molecular complexity index is 428. The lowest BCUT2D eigenvalue weighted by Gasteiger charge is -2.05. The molecule has 0 heterocycles. The Morgan fingerprint density at radius 2 is 2.13 bits per heavy atom. The van der Waals surface area contributed by atoms with Gasteiger partial charge >= 0.3 is 5.97 Å². The molecular weight excluding hydrogens is 200 g/mol. The molecule has 0 aliphatic rings. The molecular formula is C9H10N2O4. The van der Waals surface area contributed by atoms with Crippen molar-refractivity contribution in [1.29, 1.82) is 0 Å². The summed E-state index contributed by atoms with van der Waals surface area (Å²) in [6.45, 7) is 1.66. The van der Waals surface area contributed by atoms with Crippen LogP contribution in [-0.2, 0) is 4.74 Å². The lowest BCUT2D eigenvalue weighted by atomic mass is 10.1. The summed E-state index contributed by atoms with van der Waals surface area (Å²) in [6.07, 6.45) is 0. The number of methoxy groups -OCH3 is 1. The van der Waals surface area contributed by atoms with Gasteiger partial charge < -0.3 is 10.5 Å². The monoisotopic (exact) mass is 210 g/mol. The Morgan fingerprint density at radius 3 is 2.60 bits per heavy atom. The van der Waals surface area contributed by atoms with E-state index < -0.39 is 10.9 Å². The molecule has 0 aliphatic heterocycles. The number of carbonyl (C=O) groups excluding carboxylic acids is 1. The number of carbonyl (C=O) groups is 1. The summed E-state index contributed by atoms with van der Waals surface area (Å²) in [5.41, 5.74) is 5.66. The van der Waals surface area contributed by atoms with E-state index in [1.165, 1.54) is 12.1 Å². The van der Waals surface area contributed by atoms with Gasteiger partial charge in [-0.3, -0.25) is 10.1 Å². The second kappa shape index (κ2) is 3.95. The highest BCUT2D eigenvalue weighted by atomic mass is 16.6. The number of anilines is 1. The van der Waals surface area contributed by atoms with E-state index in [0.717, 1.165) is 7.11 Å². The number of nitro benzene ring substituents is 1. The highest BCUT2D eigenvalue weighted by Crippen LogP contribution is 2.26. The minimum atomic E-state index is -0.806. The molecule has 0 fully saturated rings. The fourth-order valence-electron chi connectivity index (χ4n) is 1.26. The van der Waals surface area contributed by atoms with Gasteiger partial charge in [-0.1, -0.05) is 0 Å². The predicted molar refractivity (Wildman–Crippen MR) is 53.6 cm³/mol. The van der Waals surface area contributed by atoms with Gasteiger partial charge in [0.25, 0.3) is 5.69 Å². The summed E-state index contributed by atoms with van der Waals surface area (Å²) in [7, 11) is 1.14. The van der Waals surface area contributed by atoms with Crippen molar-refractivity contribution in [3.63, 3.8) is 0 Å². The second-order valence-electron chi connectivity index (χ2n) is 3.00. The van der Waals surface area contributed by atoms with Crippen LogP contribution in [0.1, 0.15) is 15.9 Å². The van der Waals surface area contributed by atoms with Crippen molar-refractivity contribution in [3.8, 4) is 0 Å². The van der Waals surface area contributed by atoms with Crippen LogP contribution >= 0.6 is 0 Å². The molecule has 0 saturated carbocycles. The molecule has 0 aromatic heterocycles. The molecule has 0 spiro atoms. The van der Waals surface area contributed by atoms with Crippen LogP contribution in [0.5, 0.6) is 0 Å². The molecule has 0 atom stereocenters. The van der Waals surface area contributed by atoms with E-state index >= 15 is 0 Å². The average molecular weight is 210 g/mol. The van der Waals surface area contributed by atoms with Gasteiger partial charge in [0.2, 0.25) is 0 Å². The SMILES string of the molecule is COC(=O)c1c(N)cc(C)cc1[N+](=O)[O-]. The van der Waals surface area contributed by atoms with Crippen LogP contribution in [0.3, 0.4) is 0 Å². The normalized spacial score (nSPS) is 9.73. The number of nitrogens with zero attached hydrogens (tertiary/aromatic N) is 1. The molecule has 6 heteroatoms. The van der Waals surface area contributed by atoms with E-state index in [0.29, 0.717) is 5.56 Å². The number of hydrogen-bond acceptors (Lipinski definition) is 5. The highest BCUT2D eigenvalue weighted by Gasteiger charge is 2.24. The molecule has 6 nitrogen and oxygen atoms in total. The minimum absolute atomic E-state index is 0.0496. The Labute approximate surface area is 85.8 Å². The third-order valence-electron chi connectivity index (χ3n) is 1.88. The number of esters is 1. The Kier molecular flexibility index (Phi) is 2.89. The summed E-state index contributed by atoms with van der Waals surface area (Å²) >= 11 is 0. The summed E-state index contributed by atoms with van der Waals surface area (Å²) in [5, 5.41) is 10.7. The van der Waals surface area contributed by atoms with Gasteiger partial charge in [0.1, 0.15) is 0 Å². The molecule has 0 amide bonds. The van der Waals surface area contributed by atoms with Crippen LogP contribution in [0, 0.1) is 17.0 Å². The first kappa shape index (κ1) is 11.0. The Morgan fingerprint density at radius 1 is 1.53 bits per heavy atom. The third-order valence-corrected chi connectivity index (χ3v) is 1.88. The van der Waals surface area contributed by atoms with Crippen molar-refractivity contribution in [3.05, 3.63) is 33.4 Å². The molecule has 0 aliphatic carbocycles. The zero-order valence-electron chi connectivity index (χ0n) is 8.31. The summed E-state index contributed by atoms with van der Waals surface area (Å²) < 4.78 is 4.42. The number of aryl methyl sites for hydroxylation is 1. The van der Waals surface area contributed by atoms with Gasteiger partial charge in [-0.15, -0.1) is 0 Å². The first-order chi connectivity index (χ1) is 6.97. The zero-order chi connectivity index (χ0) is 11.6. The first-order valence-electron chi connectivity index (χ1n) is 4.10. The largest absolute Gasteiger partial charge is 0.465 e. The van der Waals surface area contributed by atoms with Crippen LogP contribution in [0.2, 0.25) is 0 Å². The fourth-order valence-corrected chi connectivity index (χ4v) is 1.26. The number of nitro groups is 1. The molecule has 0 radical (unpaired) electrons. The topological polar surface area (TPSA) is 95.5 Å². The van der Waals surface area contributed by atoms with Crippen LogP contribution in [-0.4, -0.2) is 18.0 Å². The summed E-state index contributed by atoms with van der Waals surface area (Å²) in [5.74, 6) is -0.806. The molecule has 0 unspecified atom stereocenters. The first-order valence-corrected chi connectivity index (χ1v) is 4.10. The lowest BCUT2D eigenvalue weighted by molar-refractivity contribution is -0.385. The molecule has 0 saturated heterocycles. The van der Waals surface area contributed by atoms with E-state index in [1.807, 2.05) is 0 Å². The van der Waals surface area contributed by atoms with Gasteiger partial charge in [0.05, 0.1) is 17.7 Å².